The third-order valence-electron chi connectivity index (χ3n) is 5.04. The van der Waals surface area contributed by atoms with Crippen molar-refractivity contribution in [2.45, 2.75) is 33.3 Å². The van der Waals surface area contributed by atoms with Crippen LogP contribution in [0, 0.1) is 23.3 Å². The van der Waals surface area contributed by atoms with Gasteiger partial charge in [0, 0.05) is 18.8 Å². The molecule has 0 bridgehead atoms. The van der Waals surface area contributed by atoms with E-state index in [1.54, 1.807) is 20.8 Å². The molecule has 1 amide bonds. The van der Waals surface area contributed by atoms with Crippen LogP contribution < -0.4 is 10.7 Å². The van der Waals surface area contributed by atoms with Gasteiger partial charge in [-0.25, -0.2) is 27.2 Å². The normalized spacial score (nSPS) is 11.4. The highest BCUT2D eigenvalue weighted by Crippen LogP contribution is 2.30. The summed E-state index contributed by atoms with van der Waals surface area (Å²) in [5.41, 5.74) is -4.44. The zero-order valence-electron chi connectivity index (χ0n) is 20.5. The molecule has 0 aliphatic carbocycles. The van der Waals surface area contributed by atoms with Gasteiger partial charge >= 0.3 is 12.1 Å². The molecule has 7 nitrogen and oxygen atoms in total. The molecule has 0 saturated heterocycles. The molecule has 0 aliphatic rings. The standard InChI is InChI=1S/C26H24F4N2O5/c1-6-36-24(34)16-12-32(19-8-7-14(27)9-17(19)28)22-15(23(16)33)10-18(29)20(21(22)30)13(2)11-31-25(35)37-26(3,4)5/h7-10,12H,2,6,11H2,1,3-5H3,(H,31,35). The molecule has 0 radical (unpaired) electrons. The smallest absolute Gasteiger partial charge is 0.407 e. The van der Waals surface area contributed by atoms with Crippen LogP contribution in [0.3, 0.4) is 0 Å². The average Bonchev–Trinajstić information content (AvgIpc) is 2.77. The monoisotopic (exact) mass is 520 g/mol. The molecule has 3 aromatic rings. The number of rotatable bonds is 6. The molecule has 11 heteroatoms. The minimum absolute atomic E-state index is 0.104. The van der Waals surface area contributed by atoms with Gasteiger partial charge in [-0.3, -0.25) is 4.79 Å². The zero-order valence-corrected chi connectivity index (χ0v) is 20.5. The van der Waals surface area contributed by atoms with Crippen LogP contribution in [0.25, 0.3) is 22.2 Å². The first-order valence-corrected chi connectivity index (χ1v) is 11.1. The minimum atomic E-state index is -1.32. The van der Waals surface area contributed by atoms with Crippen LogP contribution in [-0.2, 0) is 9.47 Å². The van der Waals surface area contributed by atoms with Gasteiger partial charge in [-0.2, -0.15) is 0 Å². The second kappa shape index (κ2) is 10.5. The van der Waals surface area contributed by atoms with Crippen LogP contribution in [0.5, 0.6) is 0 Å². The van der Waals surface area contributed by atoms with E-state index >= 15 is 8.78 Å². The number of benzene rings is 2. The molecule has 1 aromatic heterocycles. The largest absolute Gasteiger partial charge is 0.462 e. The van der Waals surface area contributed by atoms with Crippen molar-refractivity contribution in [1.29, 1.82) is 0 Å². The van der Waals surface area contributed by atoms with Crippen LogP contribution >= 0.6 is 0 Å². The van der Waals surface area contributed by atoms with E-state index in [4.69, 9.17) is 9.47 Å². The van der Waals surface area contributed by atoms with Gasteiger partial charge in [0.05, 0.1) is 28.8 Å². The van der Waals surface area contributed by atoms with E-state index in [0.29, 0.717) is 12.1 Å². The van der Waals surface area contributed by atoms with E-state index in [1.807, 2.05) is 0 Å². The van der Waals surface area contributed by atoms with Gasteiger partial charge in [0.2, 0.25) is 5.43 Å². The van der Waals surface area contributed by atoms with E-state index in [2.05, 4.69) is 11.9 Å². The Labute approximate surface area is 209 Å². The van der Waals surface area contributed by atoms with E-state index < -0.39 is 80.6 Å². The van der Waals surface area contributed by atoms with Crippen LogP contribution in [-0.4, -0.2) is 35.4 Å². The maximum Gasteiger partial charge on any atom is 0.407 e. The Morgan fingerprint density at radius 2 is 1.76 bits per heavy atom. The summed E-state index contributed by atoms with van der Waals surface area (Å²) in [5, 5.41) is 1.73. The summed E-state index contributed by atoms with van der Waals surface area (Å²) >= 11 is 0. The zero-order chi connectivity index (χ0) is 27.7. The van der Waals surface area contributed by atoms with E-state index in [-0.39, 0.29) is 12.2 Å². The third kappa shape index (κ3) is 5.82. The maximum atomic E-state index is 15.9. The summed E-state index contributed by atoms with van der Waals surface area (Å²) in [4.78, 5) is 37.3. The number of hydrogen-bond acceptors (Lipinski definition) is 5. The average molecular weight is 520 g/mol. The first-order valence-electron chi connectivity index (χ1n) is 11.1. The quantitative estimate of drug-likeness (QED) is 0.354. The Morgan fingerprint density at radius 1 is 1.08 bits per heavy atom. The molecule has 0 fully saturated rings. The summed E-state index contributed by atoms with van der Waals surface area (Å²) in [6.07, 6.45) is -0.0227. The Bertz CT molecular complexity index is 1470. The Kier molecular flexibility index (Phi) is 7.75. The van der Waals surface area contributed by atoms with Crippen molar-refractivity contribution in [3.05, 3.63) is 81.7 Å². The van der Waals surface area contributed by atoms with Crippen molar-refractivity contribution in [1.82, 2.24) is 9.88 Å². The number of carbonyl (C=O) groups excluding carboxylic acids is 2. The predicted octanol–water partition coefficient (Wildman–Crippen LogP) is 5.26. The van der Waals surface area contributed by atoms with Crippen LogP contribution in [0.15, 0.2) is 41.8 Å². The van der Waals surface area contributed by atoms with Gasteiger partial charge in [0.25, 0.3) is 0 Å². The van der Waals surface area contributed by atoms with Crippen molar-refractivity contribution in [2.75, 3.05) is 13.2 Å². The Morgan fingerprint density at radius 3 is 2.35 bits per heavy atom. The number of ether oxygens (including phenoxy) is 2. The van der Waals surface area contributed by atoms with Gasteiger partial charge in [0.1, 0.15) is 28.6 Å². The number of esters is 1. The number of nitrogens with zero attached hydrogens (tertiary/aromatic N) is 1. The van der Waals surface area contributed by atoms with E-state index in [9.17, 15) is 23.2 Å². The number of alkyl carbamates (subject to hydrolysis) is 1. The first kappa shape index (κ1) is 27.4. The maximum absolute atomic E-state index is 15.9. The van der Waals surface area contributed by atoms with Gasteiger partial charge < -0.3 is 19.4 Å². The summed E-state index contributed by atoms with van der Waals surface area (Å²) in [6, 6.07) is 3.05. The molecule has 0 unspecified atom stereocenters. The molecule has 37 heavy (non-hydrogen) atoms. The fourth-order valence-electron chi connectivity index (χ4n) is 3.54. The van der Waals surface area contributed by atoms with Crippen molar-refractivity contribution in [2.24, 2.45) is 0 Å². The van der Waals surface area contributed by atoms with E-state index in [1.165, 1.54) is 6.92 Å². The SMILES string of the molecule is C=C(CNC(=O)OC(C)(C)C)c1c(F)cc2c(=O)c(C(=O)OCC)cn(-c3ccc(F)cc3F)c2c1F. The van der Waals surface area contributed by atoms with Crippen LogP contribution in [0.4, 0.5) is 22.4 Å². The fraction of sp³-hybridized carbons (Fsp3) is 0.269. The lowest BCUT2D eigenvalue weighted by Crippen LogP contribution is -2.33. The fourth-order valence-corrected chi connectivity index (χ4v) is 3.54. The Balaban J connectivity index is 2.24. The lowest BCUT2D eigenvalue weighted by atomic mass is 10.0. The number of nitrogens with one attached hydrogen (secondary N) is 1. The van der Waals surface area contributed by atoms with Crippen molar-refractivity contribution in [3.63, 3.8) is 0 Å². The van der Waals surface area contributed by atoms with Crippen LogP contribution in [0.1, 0.15) is 43.6 Å². The summed E-state index contributed by atoms with van der Waals surface area (Å²) in [6.45, 7) is 9.45. The van der Waals surface area contributed by atoms with Crippen molar-refractivity contribution < 1.29 is 36.6 Å². The highest BCUT2D eigenvalue weighted by atomic mass is 19.1. The molecule has 0 spiro atoms. The molecule has 2 aromatic carbocycles. The van der Waals surface area contributed by atoms with E-state index in [0.717, 1.165) is 22.9 Å². The molecular weight excluding hydrogens is 496 g/mol. The lowest BCUT2D eigenvalue weighted by molar-refractivity contribution is 0.0518. The lowest BCUT2D eigenvalue weighted by Gasteiger charge is -2.20. The summed E-state index contributed by atoms with van der Waals surface area (Å²) < 4.78 is 70.0. The second-order valence-corrected chi connectivity index (χ2v) is 8.96. The minimum Gasteiger partial charge on any atom is -0.462 e. The second-order valence-electron chi connectivity index (χ2n) is 8.96. The number of amides is 1. The Hall–Kier alpha value is -4.15. The van der Waals surface area contributed by atoms with Crippen molar-refractivity contribution in [3.8, 4) is 5.69 Å². The van der Waals surface area contributed by atoms with Gasteiger partial charge in [0.15, 0.2) is 5.82 Å². The third-order valence-corrected chi connectivity index (χ3v) is 5.04. The number of fused-ring (bicyclic) bond motifs is 1. The number of hydrogen-bond donors (Lipinski definition) is 1. The van der Waals surface area contributed by atoms with Crippen molar-refractivity contribution >= 4 is 28.5 Å². The summed E-state index contributed by atoms with van der Waals surface area (Å²) in [5.74, 6) is -5.70. The van der Waals surface area contributed by atoms with Gasteiger partial charge in [-0.15, -0.1) is 0 Å². The highest BCUT2D eigenvalue weighted by Gasteiger charge is 2.26. The molecule has 0 atom stereocenters. The topological polar surface area (TPSA) is 86.6 Å². The first-order chi connectivity index (χ1) is 17.2. The summed E-state index contributed by atoms with van der Waals surface area (Å²) in [7, 11) is 0. The molecule has 1 N–H and O–H groups in total. The number of aromatic nitrogens is 1. The number of halogens is 4. The molecule has 196 valence electrons. The molecule has 1 heterocycles. The highest BCUT2D eigenvalue weighted by molar-refractivity contribution is 5.95. The molecular formula is C26H24F4N2O5. The molecule has 0 aliphatic heterocycles. The van der Waals surface area contributed by atoms with Gasteiger partial charge in [-0.1, -0.05) is 6.58 Å². The number of carbonyl (C=O) groups is 2. The molecule has 3 rings (SSSR count). The molecule has 0 saturated carbocycles. The number of pyridine rings is 1. The van der Waals surface area contributed by atoms with Gasteiger partial charge in [-0.05, 0) is 51.5 Å². The predicted molar refractivity (Wildman–Crippen MR) is 129 cm³/mol. The van der Waals surface area contributed by atoms with Crippen LogP contribution in [0.2, 0.25) is 0 Å².